The van der Waals surface area contributed by atoms with Gasteiger partial charge in [-0.05, 0) is 37.0 Å². The average Bonchev–Trinajstić information content (AvgIpc) is 2.85. The van der Waals surface area contributed by atoms with E-state index in [1.165, 1.54) is 6.20 Å². The maximum absolute atomic E-state index is 12.9. The summed E-state index contributed by atoms with van der Waals surface area (Å²) in [6, 6.07) is 15.2. The highest BCUT2D eigenvalue weighted by Crippen LogP contribution is 2.41. The van der Waals surface area contributed by atoms with E-state index in [-0.39, 0.29) is 5.91 Å². The van der Waals surface area contributed by atoms with Crippen molar-refractivity contribution in [1.82, 2.24) is 19.9 Å². The van der Waals surface area contributed by atoms with Crippen LogP contribution in [0.1, 0.15) is 40.2 Å². The van der Waals surface area contributed by atoms with Crippen LogP contribution in [0.2, 0.25) is 0 Å². The van der Waals surface area contributed by atoms with E-state index in [0.717, 1.165) is 23.2 Å². The summed E-state index contributed by atoms with van der Waals surface area (Å²) in [5.41, 5.74) is 3.36. The predicted molar refractivity (Wildman–Crippen MR) is 113 cm³/mol. The minimum Gasteiger partial charge on any atom is -0.368 e. The van der Waals surface area contributed by atoms with E-state index in [9.17, 15) is 4.79 Å². The minimum atomic E-state index is -0.491. The molecule has 7 heteroatoms. The van der Waals surface area contributed by atoms with Gasteiger partial charge in [0.2, 0.25) is 0 Å². The van der Waals surface area contributed by atoms with Gasteiger partial charge in [-0.1, -0.05) is 30.3 Å². The van der Waals surface area contributed by atoms with Gasteiger partial charge in [0.1, 0.15) is 17.4 Å². The van der Waals surface area contributed by atoms with E-state index in [0.29, 0.717) is 49.6 Å². The van der Waals surface area contributed by atoms with Crippen LogP contribution in [-0.4, -0.2) is 45.5 Å². The number of fused-ring (bicyclic) bond motifs is 2. The van der Waals surface area contributed by atoms with Gasteiger partial charge in [0.25, 0.3) is 5.91 Å². The molecule has 0 radical (unpaired) electrons. The Labute approximate surface area is 180 Å². The van der Waals surface area contributed by atoms with Gasteiger partial charge >= 0.3 is 0 Å². The first kappa shape index (κ1) is 19.3. The summed E-state index contributed by atoms with van der Waals surface area (Å²) in [6.45, 7) is 1.75. The van der Waals surface area contributed by atoms with Crippen LogP contribution >= 0.6 is 0 Å². The second kappa shape index (κ2) is 7.89. The van der Waals surface area contributed by atoms with Crippen LogP contribution in [0.3, 0.4) is 0 Å². The molecule has 2 aromatic heterocycles. The number of aromatic nitrogens is 3. The van der Waals surface area contributed by atoms with E-state index in [4.69, 9.17) is 15.0 Å². The maximum atomic E-state index is 12.9. The molecule has 7 nitrogen and oxygen atoms in total. The van der Waals surface area contributed by atoms with Gasteiger partial charge in [-0.2, -0.15) is 5.26 Å². The number of carbonyl (C=O) groups is 1. The number of hydrogen-bond donors (Lipinski definition) is 0. The molecule has 0 saturated carbocycles. The first-order valence-corrected chi connectivity index (χ1v) is 10.4. The molecule has 0 atom stereocenters. The smallest absolute Gasteiger partial charge is 0.272 e. The SMILES string of the molecule is N#Cc1ccc(C(=O)N2CCC3(CC2)OCCc2cnc(-c4ccccc4)nc23)nc1. The van der Waals surface area contributed by atoms with Gasteiger partial charge in [-0.3, -0.25) is 4.79 Å². The van der Waals surface area contributed by atoms with Gasteiger partial charge in [0.15, 0.2) is 5.82 Å². The number of nitrogens with zero attached hydrogens (tertiary/aromatic N) is 5. The molecule has 4 heterocycles. The molecular weight excluding hydrogens is 390 g/mol. The quantitative estimate of drug-likeness (QED) is 0.643. The van der Waals surface area contributed by atoms with Crippen molar-refractivity contribution in [3.63, 3.8) is 0 Å². The fourth-order valence-electron chi connectivity index (χ4n) is 4.34. The number of amides is 1. The third kappa shape index (κ3) is 3.56. The molecule has 0 unspecified atom stereocenters. The van der Waals surface area contributed by atoms with Gasteiger partial charge in [-0.15, -0.1) is 0 Å². The molecule has 0 bridgehead atoms. The van der Waals surface area contributed by atoms with E-state index < -0.39 is 5.60 Å². The number of carbonyl (C=O) groups excluding carboxylic acids is 1. The summed E-state index contributed by atoms with van der Waals surface area (Å²) in [5.74, 6) is 0.576. The summed E-state index contributed by atoms with van der Waals surface area (Å²) in [7, 11) is 0. The lowest BCUT2D eigenvalue weighted by Crippen LogP contribution is -2.49. The van der Waals surface area contributed by atoms with Crippen LogP contribution < -0.4 is 0 Å². The normalized spacial score (nSPS) is 17.1. The Morgan fingerprint density at radius 2 is 1.87 bits per heavy atom. The first-order chi connectivity index (χ1) is 15.2. The fraction of sp³-hybridized carbons (Fsp3) is 0.292. The van der Waals surface area contributed by atoms with Crippen molar-refractivity contribution < 1.29 is 9.53 Å². The zero-order chi connectivity index (χ0) is 21.3. The Morgan fingerprint density at radius 3 is 2.58 bits per heavy atom. The first-order valence-electron chi connectivity index (χ1n) is 10.4. The topological polar surface area (TPSA) is 92.0 Å². The van der Waals surface area contributed by atoms with E-state index in [2.05, 4.69) is 9.97 Å². The van der Waals surface area contributed by atoms with Crippen molar-refractivity contribution >= 4 is 5.91 Å². The largest absolute Gasteiger partial charge is 0.368 e. The van der Waals surface area contributed by atoms with Crippen molar-refractivity contribution in [2.45, 2.75) is 24.9 Å². The number of piperidine rings is 1. The molecule has 3 aromatic rings. The summed E-state index contributed by atoms with van der Waals surface area (Å²) >= 11 is 0. The number of pyridine rings is 1. The fourth-order valence-corrected chi connectivity index (χ4v) is 4.34. The third-order valence-corrected chi connectivity index (χ3v) is 6.05. The Balaban J connectivity index is 1.38. The van der Waals surface area contributed by atoms with Gasteiger partial charge < -0.3 is 9.64 Å². The van der Waals surface area contributed by atoms with Crippen molar-refractivity contribution in [2.24, 2.45) is 0 Å². The third-order valence-electron chi connectivity index (χ3n) is 6.05. The Hall–Kier alpha value is -3.63. The number of benzene rings is 1. The molecule has 0 N–H and O–H groups in total. The number of likely N-dealkylation sites (tertiary alicyclic amines) is 1. The van der Waals surface area contributed by atoms with Crippen LogP contribution in [0.25, 0.3) is 11.4 Å². The molecule has 2 aliphatic rings. The average molecular weight is 411 g/mol. The zero-order valence-electron chi connectivity index (χ0n) is 17.0. The highest BCUT2D eigenvalue weighted by molar-refractivity contribution is 5.92. The Morgan fingerprint density at radius 1 is 1.06 bits per heavy atom. The van der Waals surface area contributed by atoms with Crippen molar-refractivity contribution in [1.29, 1.82) is 5.26 Å². The molecule has 0 aliphatic carbocycles. The molecular formula is C24H21N5O2. The molecule has 1 spiro atoms. The summed E-state index contributed by atoms with van der Waals surface area (Å²) in [4.78, 5) is 28.3. The van der Waals surface area contributed by atoms with Crippen LogP contribution in [-0.2, 0) is 16.8 Å². The van der Waals surface area contributed by atoms with Gasteiger partial charge in [0.05, 0.1) is 17.9 Å². The second-order valence-corrected chi connectivity index (χ2v) is 7.86. The van der Waals surface area contributed by atoms with E-state index in [1.54, 1.807) is 17.0 Å². The van der Waals surface area contributed by atoms with Gasteiger partial charge in [-0.25, -0.2) is 15.0 Å². The van der Waals surface area contributed by atoms with Crippen molar-refractivity contribution in [2.75, 3.05) is 19.7 Å². The number of nitriles is 1. The molecule has 1 amide bonds. The lowest BCUT2D eigenvalue weighted by molar-refractivity contribution is -0.0967. The number of rotatable bonds is 2. The molecule has 154 valence electrons. The summed E-state index contributed by atoms with van der Waals surface area (Å²) in [6.07, 6.45) is 5.50. The number of ether oxygens (including phenoxy) is 1. The molecule has 2 aliphatic heterocycles. The number of hydrogen-bond acceptors (Lipinski definition) is 6. The van der Waals surface area contributed by atoms with E-state index >= 15 is 0 Å². The molecule has 1 saturated heterocycles. The molecule has 5 rings (SSSR count). The minimum absolute atomic E-state index is 0.122. The Kier molecular flexibility index (Phi) is 4.92. The van der Waals surface area contributed by atoms with Crippen LogP contribution in [0.5, 0.6) is 0 Å². The summed E-state index contributed by atoms with van der Waals surface area (Å²) < 4.78 is 6.31. The Bertz CT molecular complexity index is 1150. The lowest BCUT2D eigenvalue weighted by atomic mass is 9.83. The predicted octanol–water partition coefficient (Wildman–Crippen LogP) is 3.11. The zero-order valence-corrected chi connectivity index (χ0v) is 17.0. The van der Waals surface area contributed by atoms with Gasteiger partial charge in [0, 0.05) is 31.0 Å². The summed E-state index contributed by atoms with van der Waals surface area (Å²) in [5, 5.41) is 8.92. The van der Waals surface area contributed by atoms with E-state index in [1.807, 2.05) is 42.6 Å². The van der Waals surface area contributed by atoms with Crippen LogP contribution in [0.4, 0.5) is 0 Å². The highest BCUT2D eigenvalue weighted by atomic mass is 16.5. The monoisotopic (exact) mass is 411 g/mol. The molecule has 1 aromatic carbocycles. The standard InChI is InChI=1S/C24H21N5O2/c25-14-17-6-7-20(26-15-17)23(30)29-11-9-24(10-12-29)21-19(8-13-31-24)16-27-22(28-21)18-4-2-1-3-5-18/h1-7,15-16H,8-13H2. The lowest BCUT2D eigenvalue weighted by Gasteiger charge is -2.44. The van der Waals surface area contributed by atoms with Crippen molar-refractivity contribution in [3.8, 4) is 17.5 Å². The van der Waals surface area contributed by atoms with Crippen LogP contribution in [0, 0.1) is 11.3 Å². The van der Waals surface area contributed by atoms with Crippen molar-refractivity contribution in [3.05, 3.63) is 77.4 Å². The molecule has 31 heavy (non-hydrogen) atoms. The van der Waals surface area contributed by atoms with Crippen LogP contribution in [0.15, 0.2) is 54.9 Å². The maximum Gasteiger partial charge on any atom is 0.272 e. The molecule has 1 fully saturated rings. The second-order valence-electron chi connectivity index (χ2n) is 7.86. The highest BCUT2D eigenvalue weighted by Gasteiger charge is 2.43.